The summed E-state index contributed by atoms with van der Waals surface area (Å²) >= 11 is -0.0666. The van der Waals surface area contributed by atoms with Gasteiger partial charge in [-0.05, 0) is 6.92 Å². The summed E-state index contributed by atoms with van der Waals surface area (Å²) in [7, 11) is 0. The highest BCUT2D eigenvalue weighted by atomic mass is 127. The third-order valence-corrected chi connectivity index (χ3v) is 2.20. The maximum Gasteiger partial charge on any atom is 0.208 e. The Labute approximate surface area is 64.4 Å². The Hall–Kier alpha value is -0.330. The molecule has 9 heavy (non-hydrogen) atoms. The number of nitrogens with zero attached hydrogens (tertiary/aromatic N) is 1. The summed E-state index contributed by atoms with van der Waals surface area (Å²) < 4.78 is 4.10. The Kier molecular flexibility index (Phi) is 4.37. The van der Waals surface area contributed by atoms with Gasteiger partial charge in [0.25, 0.3) is 0 Å². The van der Waals surface area contributed by atoms with Gasteiger partial charge in [-0.3, -0.25) is 5.43 Å². The van der Waals surface area contributed by atoms with E-state index in [1.54, 1.807) is 0 Å². The van der Waals surface area contributed by atoms with Gasteiger partial charge in [0.2, 0.25) is 5.96 Å². The number of nitrogens with two attached hydrogens (primary N) is 2. The SMILES string of the molecule is C=IC(C)NN=C(N)N. The standard InChI is InChI=1S/C4H11IN4/c1-3(5-2)8-9-4(6)7/h3,8H,2H2,1H3,(H4,6,7,9). The van der Waals surface area contributed by atoms with Crippen molar-refractivity contribution >= 4 is 31.2 Å². The zero-order valence-electron chi connectivity index (χ0n) is 5.26. The van der Waals surface area contributed by atoms with Crippen molar-refractivity contribution in [3.05, 3.63) is 0 Å². The van der Waals surface area contributed by atoms with E-state index in [0.29, 0.717) is 4.05 Å². The normalized spacial score (nSPS) is 12.1. The number of nitrogens with one attached hydrogen (secondary N) is 1. The van der Waals surface area contributed by atoms with Crippen LogP contribution in [0.15, 0.2) is 5.10 Å². The lowest BCUT2D eigenvalue weighted by Gasteiger charge is -2.02. The minimum atomic E-state index is -0.0666. The molecule has 0 aromatic rings. The van der Waals surface area contributed by atoms with E-state index in [9.17, 15) is 0 Å². The lowest BCUT2D eigenvalue weighted by molar-refractivity contribution is 0.755. The van der Waals surface area contributed by atoms with Crippen molar-refractivity contribution < 1.29 is 0 Å². The van der Waals surface area contributed by atoms with Gasteiger partial charge in [-0.25, -0.2) is 0 Å². The average Bonchev–Trinajstić information content (AvgIpc) is 1.83. The minimum Gasteiger partial charge on any atom is -0.369 e. The van der Waals surface area contributed by atoms with Crippen molar-refractivity contribution in [2.75, 3.05) is 0 Å². The third-order valence-electron chi connectivity index (χ3n) is 0.603. The number of hydrogen-bond donors (Lipinski definition) is 3. The Morgan fingerprint density at radius 1 is 1.78 bits per heavy atom. The molecule has 0 aliphatic heterocycles. The lowest BCUT2D eigenvalue weighted by atomic mass is 10.8. The molecule has 0 rings (SSSR count). The minimum absolute atomic E-state index is 0.0666. The molecular weight excluding hydrogens is 231 g/mol. The Bertz CT molecular complexity index is 118. The second-order valence-electron chi connectivity index (χ2n) is 1.44. The van der Waals surface area contributed by atoms with Crippen LogP contribution in [0.3, 0.4) is 0 Å². The summed E-state index contributed by atoms with van der Waals surface area (Å²) in [6.07, 6.45) is 0. The molecule has 5 heteroatoms. The molecular formula is C4H11IN4. The molecule has 0 radical (unpaired) electrons. The number of halogens is 1. The van der Waals surface area contributed by atoms with E-state index < -0.39 is 0 Å². The molecule has 1 unspecified atom stereocenters. The van der Waals surface area contributed by atoms with Crippen LogP contribution in [0.5, 0.6) is 0 Å². The first-order valence-electron chi connectivity index (χ1n) is 2.38. The zero-order chi connectivity index (χ0) is 7.28. The quantitative estimate of drug-likeness (QED) is 0.156. The molecule has 0 aliphatic rings. The molecule has 54 valence electrons. The summed E-state index contributed by atoms with van der Waals surface area (Å²) in [6, 6.07) is 0. The molecule has 0 aromatic heterocycles. The molecule has 4 nitrogen and oxygen atoms in total. The van der Waals surface area contributed by atoms with E-state index in [2.05, 4.69) is 15.0 Å². The van der Waals surface area contributed by atoms with Gasteiger partial charge in [0.1, 0.15) is 0 Å². The summed E-state index contributed by atoms with van der Waals surface area (Å²) in [5.41, 5.74) is 12.9. The topological polar surface area (TPSA) is 76.4 Å². The van der Waals surface area contributed by atoms with Crippen LogP contribution in [0.4, 0.5) is 0 Å². The van der Waals surface area contributed by atoms with Crippen LogP contribution >= 0.6 is 20.7 Å². The zero-order valence-corrected chi connectivity index (χ0v) is 7.42. The maximum absolute atomic E-state index is 5.05. The molecule has 0 aromatic carbocycles. The van der Waals surface area contributed by atoms with Gasteiger partial charge < -0.3 is 11.5 Å². The first-order valence-corrected chi connectivity index (χ1v) is 5.15. The van der Waals surface area contributed by atoms with E-state index in [1.807, 2.05) is 6.92 Å². The van der Waals surface area contributed by atoms with Gasteiger partial charge in [0, 0.05) is 0 Å². The summed E-state index contributed by atoms with van der Waals surface area (Å²) in [5, 5.41) is 3.61. The average molecular weight is 242 g/mol. The smallest absolute Gasteiger partial charge is 0.208 e. The summed E-state index contributed by atoms with van der Waals surface area (Å²) in [4.78, 5) is 0. The molecule has 0 saturated heterocycles. The van der Waals surface area contributed by atoms with E-state index >= 15 is 0 Å². The fourth-order valence-corrected chi connectivity index (χ4v) is 0.534. The van der Waals surface area contributed by atoms with Crippen molar-refractivity contribution in [3.8, 4) is 0 Å². The highest BCUT2D eigenvalue weighted by Crippen LogP contribution is 1.98. The highest BCUT2D eigenvalue weighted by Gasteiger charge is 1.88. The first kappa shape index (κ1) is 8.67. The molecule has 0 fully saturated rings. The van der Waals surface area contributed by atoms with Crippen molar-refractivity contribution in [2.24, 2.45) is 16.6 Å². The van der Waals surface area contributed by atoms with Crippen LogP contribution in [0.25, 0.3) is 0 Å². The predicted octanol–water partition coefficient (Wildman–Crippen LogP) is -0.487. The molecule has 5 N–H and O–H groups in total. The Morgan fingerprint density at radius 3 is 2.67 bits per heavy atom. The van der Waals surface area contributed by atoms with Crippen LogP contribution in [-0.2, 0) is 0 Å². The second kappa shape index (κ2) is 4.54. The predicted molar refractivity (Wildman–Crippen MR) is 49.5 cm³/mol. The molecule has 0 saturated carbocycles. The van der Waals surface area contributed by atoms with Gasteiger partial charge in [0.15, 0.2) is 0 Å². The van der Waals surface area contributed by atoms with Gasteiger partial charge >= 0.3 is 0 Å². The number of alkyl halides is 1. The number of guanidine groups is 1. The van der Waals surface area contributed by atoms with Crippen molar-refractivity contribution in [1.82, 2.24) is 5.43 Å². The van der Waals surface area contributed by atoms with Crippen LogP contribution in [0, 0.1) is 0 Å². The molecule has 0 spiro atoms. The van der Waals surface area contributed by atoms with Gasteiger partial charge in [-0.15, -0.1) is 25.8 Å². The monoisotopic (exact) mass is 242 g/mol. The number of rotatable bonds is 3. The fraction of sp³-hybridized carbons (Fsp3) is 0.500. The largest absolute Gasteiger partial charge is 0.369 e. The summed E-state index contributed by atoms with van der Waals surface area (Å²) in [6.45, 7) is 1.99. The maximum atomic E-state index is 5.05. The van der Waals surface area contributed by atoms with Gasteiger partial charge in [-0.2, -0.15) is 0 Å². The van der Waals surface area contributed by atoms with Crippen molar-refractivity contribution in [3.63, 3.8) is 0 Å². The molecule has 0 bridgehead atoms. The van der Waals surface area contributed by atoms with E-state index in [-0.39, 0.29) is 26.7 Å². The molecule has 0 amide bonds. The second-order valence-corrected chi connectivity index (χ2v) is 4.19. The van der Waals surface area contributed by atoms with E-state index in [4.69, 9.17) is 11.5 Å². The van der Waals surface area contributed by atoms with E-state index in [0.717, 1.165) is 0 Å². The van der Waals surface area contributed by atoms with Gasteiger partial charge in [-0.1, -0.05) is 4.51 Å². The Balaban J connectivity index is 3.49. The third kappa shape index (κ3) is 5.54. The molecule has 0 heterocycles. The van der Waals surface area contributed by atoms with Crippen LogP contribution < -0.4 is 16.9 Å². The molecule has 1 atom stereocenters. The molecule has 0 aliphatic carbocycles. The van der Waals surface area contributed by atoms with Crippen molar-refractivity contribution in [2.45, 2.75) is 11.0 Å². The number of hydrogen-bond acceptors (Lipinski definition) is 2. The fourth-order valence-electron chi connectivity index (χ4n) is 0.198. The summed E-state index contributed by atoms with van der Waals surface area (Å²) in [5.74, 6) is 0.0688. The first-order chi connectivity index (χ1) is 4.16. The van der Waals surface area contributed by atoms with Crippen molar-refractivity contribution in [1.29, 1.82) is 0 Å². The van der Waals surface area contributed by atoms with Gasteiger partial charge in [0.05, 0.1) is 4.05 Å². The van der Waals surface area contributed by atoms with Crippen LogP contribution in [0.1, 0.15) is 6.92 Å². The number of hydrazone groups is 1. The van der Waals surface area contributed by atoms with Crippen LogP contribution in [0.2, 0.25) is 0 Å². The van der Waals surface area contributed by atoms with E-state index in [1.165, 1.54) is 0 Å². The Morgan fingerprint density at radius 2 is 2.33 bits per heavy atom. The van der Waals surface area contributed by atoms with Crippen LogP contribution in [-0.4, -0.2) is 14.5 Å². The lowest BCUT2D eigenvalue weighted by Crippen LogP contribution is -2.28. The highest BCUT2D eigenvalue weighted by molar-refractivity contribution is 14.2.